The molecule has 3 atom stereocenters. The molecule has 1 aliphatic rings. The number of aryl methyl sites for hydroxylation is 1. The quantitative estimate of drug-likeness (QED) is 0.181. The van der Waals surface area contributed by atoms with Crippen LogP contribution in [-0.2, 0) is 22.4 Å². The fourth-order valence-electron chi connectivity index (χ4n) is 4.87. The van der Waals surface area contributed by atoms with E-state index in [-0.39, 0.29) is 17.7 Å². The smallest absolute Gasteiger partial charge is 0.305 e. The second-order valence-electron chi connectivity index (χ2n) is 9.50. The molecule has 0 amide bonds. The summed E-state index contributed by atoms with van der Waals surface area (Å²) in [6.45, 7) is 3.70. The maximum Gasteiger partial charge on any atom is 0.305 e. The van der Waals surface area contributed by atoms with E-state index >= 15 is 0 Å². The Morgan fingerprint density at radius 3 is 2.57 bits per heavy atom. The zero-order chi connectivity index (χ0) is 25.4. The summed E-state index contributed by atoms with van der Waals surface area (Å²) in [6, 6.07) is 9.71. The number of carbonyl (C=O) groups is 2. The zero-order valence-electron chi connectivity index (χ0n) is 21.2. The Balaban J connectivity index is 1.86. The van der Waals surface area contributed by atoms with Crippen molar-refractivity contribution in [3.05, 3.63) is 65.0 Å². The number of unbranched alkanes of at least 4 members (excludes halogenated alkanes) is 3. The lowest BCUT2D eigenvalue weighted by atomic mass is 9.98. The largest absolute Gasteiger partial charge is 0.469 e. The third-order valence-electron chi connectivity index (χ3n) is 6.86. The van der Waals surface area contributed by atoms with E-state index in [1.165, 1.54) is 7.11 Å². The fraction of sp³-hybridized carbons (Fsp3) is 0.517. The molecule has 2 aromatic rings. The molecule has 0 saturated heterocycles. The van der Waals surface area contributed by atoms with Gasteiger partial charge in [0, 0.05) is 41.4 Å². The number of methoxy groups -OCH3 is 1. The molecule has 1 aromatic carbocycles. The van der Waals surface area contributed by atoms with Crippen molar-refractivity contribution in [1.82, 2.24) is 4.57 Å². The molecule has 0 fully saturated rings. The van der Waals surface area contributed by atoms with E-state index in [9.17, 15) is 19.8 Å². The summed E-state index contributed by atoms with van der Waals surface area (Å²) >= 11 is 0. The third kappa shape index (κ3) is 6.92. The van der Waals surface area contributed by atoms with E-state index in [0.717, 1.165) is 67.6 Å². The lowest BCUT2D eigenvalue weighted by Crippen LogP contribution is -2.14. The van der Waals surface area contributed by atoms with Crippen molar-refractivity contribution in [1.29, 1.82) is 0 Å². The molecule has 6 heteroatoms. The van der Waals surface area contributed by atoms with Crippen LogP contribution in [0.2, 0.25) is 0 Å². The first-order chi connectivity index (χ1) is 16.8. The number of fused-ring (bicyclic) bond motifs is 1. The molecule has 0 aliphatic heterocycles. The van der Waals surface area contributed by atoms with Crippen LogP contribution in [0.25, 0.3) is 5.69 Å². The Labute approximate surface area is 208 Å². The molecule has 0 radical (unpaired) electrons. The maximum absolute atomic E-state index is 11.7. The fourth-order valence-corrected chi connectivity index (χ4v) is 4.87. The van der Waals surface area contributed by atoms with Gasteiger partial charge in [-0.25, -0.2) is 0 Å². The molecular formula is C29H39NO5. The lowest BCUT2D eigenvalue weighted by Gasteiger charge is -2.15. The van der Waals surface area contributed by atoms with Crippen molar-refractivity contribution < 1.29 is 24.5 Å². The average Bonchev–Trinajstić information content (AvgIpc) is 3.34. The van der Waals surface area contributed by atoms with Gasteiger partial charge in [0.25, 0.3) is 0 Å². The summed E-state index contributed by atoms with van der Waals surface area (Å²) in [5.74, 6) is -0.346. The minimum atomic E-state index is -0.546. The highest BCUT2D eigenvalue weighted by Crippen LogP contribution is 2.39. The van der Waals surface area contributed by atoms with Crippen molar-refractivity contribution in [2.45, 2.75) is 89.8 Å². The number of ketones is 1. The van der Waals surface area contributed by atoms with Crippen molar-refractivity contribution in [2.24, 2.45) is 0 Å². The minimum Gasteiger partial charge on any atom is -0.469 e. The number of aromatic nitrogens is 1. The van der Waals surface area contributed by atoms with Gasteiger partial charge in [-0.2, -0.15) is 0 Å². The van der Waals surface area contributed by atoms with Crippen molar-refractivity contribution in [2.75, 3.05) is 7.11 Å². The standard InChI is InChI=1S/C29H39NO5/c1-4-5-6-10-24(32)16-17-25-26-18-23(9-7-8-11-29(34)35-3)30(27(26)19-28(25)33)22-14-12-21(13-15-22)20(2)31/h12-18,24-25,28,32-33H,4-11,19H2,1-3H3/b17-16+. The number of esters is 1. The first-order valence-electron chi connectivity index (χ1n) is 12.8. The predicted octanol–water partition coefficient (Wildman–Crippen LogP) is 5.06. The first kappa shape index (κ1) is 26.9. The Kier molecular flexibility index (Phi) is 9.87. The molecule has 2 N–H and O–H groups in total. The first-order valence-corrected chi connectivity index (χ1v) is 12.8. The molecule has 0 saturated carbocycles. The average molecular weight is 482 g/mol. The normalized spacial score (nSPS) is 18.1. The Bertz CT molecular complexity index is 1020. The molecule has 1 aromatic heterocycles. The third-order valence-corrected chi connectivity index (χ3v) is 6.86. The van der Waals surface area contributed by atoms with Crippen LogP contribution in [0, 0.1) is 0 Å². The summed E-state index contributed by atoms with van der Waals surface area (Å²) in [5, 5.41) is 21.2. The number of rotatable bonds is 13. The number of aliphatic hydroxyl groups excluding tert-OH is 2. The van der Waals surface area contributed by atoms with Crippen LogP contribution in [0.3, 0.4) is 0 Å². The summed E-state index contributed by atoms with van der Waals surface area (Å²) in [7, 11) is 1.41. The lowest BCUT2D eigenvalue weighted by molar-refractivity contribution is -0.140. The second-order valence-corrected chi connectivity index (χ2v) is 9.50. The van der Waals surface area contributed by atoms with Gasteiger partial charge >= 0.3 is 5.97 Å². The van der Waals surface area contributed by atoms with E-state index in [0.29, 0.717) is 18.4 Å². The SMILES string of the molecule is CCCCCC(O)/C=C/C1c2cc(CCCCC(=O)OC)n(-c3ccc(C(C)=O)cc3)c2CC1O. The molecule has 35 heavy (non-hydrogen) atoms. The molecule has 190 valence electrons. The van der Waals surface area contributed by atoms with Gasteiger partial charge < -0.3 is 19.5 Å². The molecule has 1 heterocycles. The number of Topliss-reactive ketones (excluding diaryl/α,β-unsaturated/α-hetero) is 1. The van der Waals surface area contributed by atoms with Crippen molar-refractivity contribution in [3.63, 3.8) is 0 Å². The van der Waals surface area contributed by atoms with Crippen LogP contribution in [0.15, 0.2) is 42.5 Å². The molecule has 0 spiro atoms. The van der Waals surface area contributed by atoms with E-state index in [1.807, 2.05) is 36.4 Å². The number of aliphatic hydroxyl groups is 2. The van der Waals surface area contributed by atoms with Crippen LogP contribution >= 0.6 is 0 Å². The molecule has 3 rings (SSSR count). The highest BCUT2D eigenvalue weighted by Gasteiger charge is 2.34. The van der Waals surface area contributed by atoms with Gasteiger partial charge in [-0.15, -0.1) is 0 Å². The van der Waals surface area contributed by atoms with Gasteiger partial charge in [-0.05, 0) is 68.5 Å². The van der Waals surface area contributed by atoms with Gasteiger partial charge in [0.05, 0.1) is 19.3 Å². The van der Waals surface area contributed by atoms with Gasteiger partial charge in [-0.3, -0.25) is 9.59 Å². The Morgan fingerprint density at radius 2 is 1.91 bits per heavy atom. The molecule has 3 unspecified atom stereocenters. The van der Waals surface area contributed by atoms with Gasteiger partial charge in [0.1, 0.15) is 0 Å². The Morgan fingerprint density at radius 1 is 1.17 bits per heavy atom. The van der Waals surface area contributed by atoms with Crippen LogP contribution in [0.5, 0.6) is 0 Å². The molecule has 1 aliphatic carbocycles. The van der Waals surface area contributed by atoms with Crippen LogP contribution in [-0.4, -0.2) is 45.9 Å². The number of carbonyl (C=O) groups excluding carboxylic acids is 2. The monoisotopic (exact) mass is 481 g/mol. The summed E-state index contributed by atoms with van der Waals surface area (Å²) < 4.78 is 6.94. The highest BCUT2D eigenvalue weighted by atomic mass is 16.5. The second kappa shape index (κ2) is 12.8. The summed E-state index contributed by atoms with van der Waals surface area (Å²) in [5.41, 5.74) is 4.87. The van der Waals surface area contributed by atoms with Crippen LogP contribution in [0.4, 0.5) is 0 Å². The highest BCUT2D eigenvalue weighted by molar-refractivity contribution is 5.94. The molecule has 6 nitrogen and oxygen atoms in total. The topological polar surface area (TPSA) is 88.8 Å². The van der Waals surface area contributed by atoms with E-state index in [4.69, 9.17) is 4.74 Å². The van der Waals surface area contributed by atoms with E-state index in [2.05, 4.69) is 17.6 Å². The maximum atomic E-state index is 11.7. The van der Waals surface area contributed by atoms with Crippen LogP contribution < -0.4 is 0 Å². The zero-order valence-corrected chi connectivity index (χ0v) is 21.2. The van der Waals surface area contributed by atoms with Crippen LogP contribution in [0.1, 0.15) is 92.0 Å². The van der Waals surface area contributed by atoms with Gasteiger partial charge in [0.2, 0.25) is 0 Å². The van der Waals surface area contributed by atoms with Crippen molar-refractivity contribution >= 4 is 11.8 Å². The Hall–Kier alpha value is -2.70. The van der Waals surface area contributed by atoms with E-state index < -0.39 is 12.2 Å². The van der Waals surface area contributed by atoms with E-state index in [1.54, 1.807) is 6.92 Å². The van der Waals surface area contributed by atoms with Crippen molar-refractivity contribution in [3.8, 4) is 5.69 Å². The molecular weight excluding hydrogens is 442 g/mol. The minimum absolute atomic E-state index is 0.0236. The number of benzene rings is 1. The number of hydrogen-bond acceptors (Lipinski definition) is 5. The summed E-state index contributed by atoms with van der Waals surface area (Å²) in [6.07, 6.45) is 9.94. The van der Waals surface area contributed by atoms with Gasteiger partial charge in [-0.1, -0.05) is 38.3 Å². The summed E-state index contributed by atoms with van der Waals surface area (Å²) in [4.78, 5) is 23.2. The number of ether oxygens (including phenoxy) is 1. The number of nitrogens with zero attached hydrogens (tertiary/aromatic N) is 1. The number of hydrogen-bond donors (Lipinski definition) is 2. The van der Waals surface area contributed by atoms with Gasteiger partial charge in [0.15, 0.2) is 5.78 Å². The molecule has 0 bridgehead atoms. The predicted molar refractivity (Wildman–Crippen MR) is 137 cm³/mol.